The van der Waals surface area contributed by atoms with Crippen molar-refractivity contribution >= 4 is 34.7 Å². The maximum absolute atomic E-state index is 12.8. The molecule has 0 aliphatic heterocycles. The van der Waals surface area contributed by atoms with Crippen LogP contribution in [0, 0.1) is 0 Å². The molecule has 170 valence electrons. The number of nitrogens with zero attached hydrogens (tertiary/aromatic N) is 3. The molecule has 1 fully saturated rings. The number of para-hydroxylation sites is 1. The number of aryl methyl sites for hydroxylation is 1. The predicted molar refractivity (Wildman–Crippen MR) is 135 cm³/mol. The monoisotopic (exact) mass is 441 g/mol. The first kappa shape index (κ1) is 21.4. The van der Waals surface area contributed by atoms with Crippen molar-refractivity contribution in [3.63, 3.8) is 0 Å². The SMILES string of the molecule is CN(C)c1nc(NC2CCC(NC(=O)c3ccc4c(c3)C=CCC4)CC2)nc2ccccc12. The van der Waals surface area contributed by atoms with E-state index in [0.717, 1.165) is 60.8 Å². The van der Waals surface area contributed by atoms with E-state index in [9.17, 15) is 4.79 Å². The molecule has 0 saturated heterocycles. The first-order valence-electron chi connectivity index (χ1n) is 11.9. The van der Waals surface area contributed by atoms with Gasteiger partial charge in [-0.1, -0.05) is 30.4 Å². The molecule has 3 aromatic rings. The van der Waals surface area contributed by atoms with E-state index in [-0.39, 0.29) is 11.9 Å². The van der Waals surface area contributed by atoms with Crippen LogP contribution in [0.3, 0.4) is 0 Å². The number of hydrogen-bond acceptors (Lipinski definition) is 5. The molecule has 33 heavy (non-hydrogen) atoms. The van der Waals surface area contributed by atoms with E-state index in [1.807, 2.05) is 49.3 Å². The molecule has 0 bridgehead atoms. The van der Waals surface area contributed by atoms with Crippen molar-refractivity contribution in [2.45, 2.75) is 50.6 Å². The predicted octanol–water partition coefficient (Wildman–Crippen LogP) is 4.81. The van der Waals surface area contributed by atoms with Crippen molar-refractivity contribution in [2.75, 3.05) is 24.3 Å². The number of carbonyl (C=O) groups is 1. The fraction of sp³-hybridized carbons (Fsp3) is 0.370. The zero-order chi connectivity index (χ0) is 22.8. The molecule has 2 aromatic carbocycles. The average molecular weight is 442 g/mol. The van der Waals surface area contributed by atoms with Gasteiger partial charge in [0.25, 0.3) is 5.91 Å². The van der Waals surface area contributed by atoms with Crippen LogP contribution in [0.25, 0.3) is 17.0 Å². The van der Waals surface area contributed by atoms with E-state index in [1.165, 1.54) is 11.1 Å². The summed E-state index contributed by atoms with van der Waals surface area (Å²) in [4.78, 5) is 24.3. The van der Waals surface area contributed by atoms with Gasteiger partial charge in [0.05, 0.1) is 5.52 Å². The molecule has 1 amide bonds. The Morgan fingerprint density at radius 2 is 1.79 bits per heavy atom. The Labute approximate surface area is 195 Å². The van der Waals surface area contributed by atoms with Crippen LogP contribution in [0.15, 0.2) is 48.5 Å². The number of rotatable bonds is 5. The minimum atomic E-state index is 0.0293. The third-order valence-electron chi connectivity index (χ3n) is 6.69. The fourth-order valence-electron chi connectivity index (χ4n) is 4.87. The van der Waals surface area contributed by atoms with Crippen molar-refractivity contribution in [3.8, 4) is 0 Å². The summed E-state index contributed by atoms with van der Waals surface area (Å²) in [5.74, 6) is 1.62. The van der Waals surface area contributed by atoms with Gasteiger partial charge < -0.3 is 15.5 Å². The number of aromatic nitrogens is 2. The van der Waals surface area contributed by atoms with Gasteiger partial charge in [-0.2, -0.15) is 4.98 Å². The van der Waals surface area contributed by atoms with Crippen molar-refractivity contribution < 1.29 is 4.79 Å². The number of benzene rings is 2. The van der Waals surface area contributed by atoms with Gasteiger partial charge in [-0.15, -0.1) is 0 Å². The maximum Gasteiger partial charge on any atom is 0.251 e. The highest BCUT2D eigenvalue weighted by Crippen LogP contribution is 2.27. The first-order chi connectivity index (χ1) is 16.1. The van der Waals surface area contributed by atoms with Gasteiger partial charge in [0, 0.05) is 37.1 Å². The Bertz CT molecular complexity index is 1190. The standard InChI is InChI=1S/C27H31N5O/c1-32(2)25-23-9-5-6-10-24(23)30-27(31-25)29-22-15-13-21(14-16-22)28-26(33)20-12-11-18-7-3-4-8-19(18)17-20/h4-6,8-12,17,21-22H,3,7,13-16H2,1-2H3,(H,28,33)(H,29,30,31). The van der Waals surface area contributed by atoms with Gasteiger partial charge in [-0.25, -0.2) is 4.98 Å². The minimum Gasteiger partial charge on any atom is -0.362 e. The normalized spacial score (nSPS) is 19.7. The van der Waals surface area contributed by atoms with Crippen LogP contribution in [0.5, 0.6) is 0 Å². The second-order valence-corrected chi connectivity index (χ2v) is 9.30. The molecule has 2 aliphatic carbocycles. The van der Waals surface area contributed by atoms with Crippen molar-refractivity contribution in [2.24, 2.45) is 0 Å². The molecule has 2 N–H and O–H groups in total. The molecule has 1 saturated carbocycles. The largest absolute Gasteiger partial charge is 0.362 e. The quantitative estimate of drug-likeness (QED) is 0.595. The number of hydrogen-bond donors (Lipinski definition) is 2. The lowest BCUT2D eigenvalue weighted by Gasteiger charge is -2.30. The highest BCUT2D eigenvalue weighted by atomic mass is 16.1. The van der Waals surface area contributed by atoms with E-state index in [1.54, 1.807) is 0 Å². The van der Waals surface area contributed by atoms with E-state index in [0.29, 0.717) is 12.0 Å². The van der Waals surface area contributed by atoms with E-state index in [2.05, 4.69) is 34.9 Å². The van der Waals surface area contributed by atoms with Crippen molar-refractivity contribution in [3.05, 3.63) is 65.2 Å². The third kappa shape index (κ3) is 4.70. The molecule has 0 atom stereocenters. The van der Waals surface area contributed by atoms with Crippen LogP contribution in [0.1, 0.15) is 53.6 Å². The van der Waals surface area contributed by atoms with Gasteiger partial charge in [0.1, 0.15) is 5.82 Å². The van der Waals surface area contributed by atoms with Crippen LogP contribution in [-0.4, -0.2) is 42.1 Å². The van der Waals surface area contributed by atoms with Crippen LogP contribution in [-0.2, 0) is 6.42 Å². The molecule has 2 aliphatic rings. The van der Waals surface area contributed by atoms with Gasteiger partial charge >= 0.3 is 0 Å². The molecule has 5 rings (SSSR count). The number of nitrogens with one attached hydrogen (secondary N) is 2. The Kier molecular flexibility index (Phi) is 5.99. The summed E-state index contributed by atoms with van der Waals surface area (Å²) in [7, 11) is 4.01. The summed E-state index contributed by atoms with van der Waals surface area (Å²) in [6, 6.07) is 14.7. The average Bonchev–Trinajstić information content (AvgIpc) is 2.84. The highest BCUT2D eigenvalue weighted by molar-refractivity contribution is 5.95. The lowest BCUT2D eigenvalue weighted by molar-refractivity contribution is 0.0926. The number of fused-ring (bicyclic) bond motifs is 2. The Balaban J connectivity index is 1.20. The summed E-state index contributed by atoms with van der Waals surface area (Å²) >= 11 is 0. The van der Waals surface area contributed by atoms with Gasteiger partial charge in [-0.05, 0) is 73.9 Å². The van der Waals surface area contributed by atoms with Crippen LogP contribution >= 0.6 is 0 Å². The summed E-state index contributed by atoms with van der Waals surface area (Å²) in [6.45, 7) is 0. The van der Waals surface area contributed by atoms with Crippen LogP contribution in [0.2, 0.25) is 0 Å². The lowest BCUT2D eigenvalue weighted by Crippen LogP contribution is -2.40. The van der Waals surface area contributed by atoms with E-state index >= 15 is 0 Å². The third-order valence-corrected chi connectivity index (χ3v) is 6.69. The van der Waals surface area contributed by atoms with Gasteiger partial charge in [-0.3, -0.25) is 4.79 Å². The molecule has 6 nitrogen and oxygen atoms in total. The molecular weight excluding hydrogens is 410 g/mol. The van der Waals surface area contributed by atoms with Crippen LogP contribution in [0.4, 0.5) is 11.8 Å². The second-order valence-electron chi connectivity index (χ2n) is 9.30. The molecule has 0 radical (unpaired) electrons. The van der Waals surface area contributed by atoms with Crippen molar-refractivity contribution in [1.29, 1.82) is 0 Å². The Hall–Kier alpha value is -3.41. The Morgan fingerprint density at radius 1 is 1.00 bits per heavy atom. The topological polar surface area (TPSA) is 70.2 Å². The van der Waals surface area contributed by atoms with Gasteiger partial charge in [0.2, 0.25) is 5.95 Å². The summed E-state index contributed by atoms with van der Waals surface area (Å²) in [5.41, 5.74) is 4.20. The first-order valence-corrected chi connectivity index (χ1v) is 11.9. The molecule has 0 unspecified atom stereocenters. The number of allylic oxidation sites excluding steroid dienone is 1. The minimum absolute atomic E-state index is 0.0293. The summed E-state index contributed by atoms with van der Waals surface area (Å²) in [6.07, 6.45) is 10.3. The molecule has 1 heterocycles. The molecule has 6 heteroatoms. The molecular formula is C27H31N5O. The smallest absolute Gasteiger partial charge is 0.251 e. The highest BCUT2D eigenvalue weighted by Gasteiger charge is 2.24. The van der Waals surface area contributed by atoms with Crippen LogP contribution < -0.4 is 15.5 Å². The molecule has 1 aromatic heterocycles. The fourth-order valence-corrected chi connectivity index (χ4v) is 4.87. The lowest BCUT2D eigenvalue weighted by atomic mass is 9.90. The number of anilines is 2. The zero-order valence-electron chi connectivity index (χ0n) is 19.3. The van der Waals surface area contributed by atoms with E-state index < -0.39 is 0 Å². The summed E-state index contributed by atoms with van der Waals surface area (Å²) in [5, 5.41) is 7.84. The molecule has 0 spiro atoms. The second kappa shape index (κ2) is 9.22. The zero-order valence-corrected chi connectivity index (χ0v) is 19.3. The maximum atomic E-state index is 12.8. The van der Waals surface area contributed by atoms with Crippen molar-refractivity contribution in [1.82, 2.24) is 15.3 Å². The van der Waals surface area contributed by atoms with E-state index in [4.69, 9.17) is 9.97 Å². The number of amides is 1. The van der Waals surface area contributed by atoms with Gasteiger partial charge in [0.15, 0.2) is 0 Å². The number of carbonyl (C=O) groups excluding carboxylic acids is 1. The Morgan fingerprint density at radius 3 is 2.61 bits per heavy atom. The summed E-state index contributed by atoms with van der Waals surface area (Å²) < 4.78 is 0.